The maximum atomic E-state index is 11.8. The molecule has 4 heteroatoms. The minimum absolute atomic E-state index is 0.0868. The van der Waals surface area contributed by atoms with E-state index in [9.17, 15) is 4.79 Å². The Bertz CT molecular complexity index is 301. The van der Waals surface area contributed by atoms with Crippen LogP contribution in [0.15, 0.2) is 0 Å². The number of hydrogen-bond acceptors (Lipinski definition) is 3. The van der Waals surface area contributed by atoms with Crippen LogP contribution in [0.3, 0.4) is 0 Å². The van der Waals surface area contributed by atoms with Crippen molar-refractivity contribution in [1.29, 1.82) is 0 Å². The summed E-state index contributed by atoms with van der Waals surface area (Å²) >= 11 is 0. The summed E-state index contributed by atoms with van der Waals surface area (Å²) in [6.45, 7) is 8.71. The van der Waals surface area contributed by atoms with Gasteiger partial charge in [-0.2, -0.15) is 0 Å². The molecule has 0 spiro atoms. The summed E-state index contributed by atoms with van der Waals surface area (Å²) in [6, 6.07) is 0.110. The van der Waals surface area contributed by atoms with E-state index >= 15 is 0 Å². The Kier molecular flexibility index (Phi) is 3.82. The van der Waals surface area contributed by atoms with Crippen LogP contribution in [-0.4, -0.2) is 41.8 Å². The largest absolute Gasteiger partial charge is 0.444 e. The molecular weight excluding hydrogens is 204 g/mol. The number of carbonyl (C=O) groups is 1. The molecule has 0 unspecified atom stereocenters. The number of nitrogens with one attached hydrogen (secondary N) is 1. The van der Waals surface area contributed by atoms with Crippen molar-refractivity contribution in [2.75, 3.05) is 13.1 Å². The first-order valence-corrected chi connectivity index (χ1v) is 5.52. The molecule has 90 valence electrons. The molecule has 2 atom stereocenters. The van der Waals surface area contributed by atoms with Gasteiger partial charge in [-0.25, -0.2) is 4.79 Å². The Hall–Kier alpha value is -1.21. The van der Waals surface area contributed by atoms with Gasteiger partial charge in [-0.3, -0.25) is 5.32 Å². The van der Waals surface area contributed by atoms with E-state index in [1.807, 2.05) is 27.7 Å². The lowest BCUT2D eigenvalue weighted by molar-refractivity contribution is 0.0181. The molecule has 1 aliphatic heterocycles. The molecule has 0 aromatic rings. The van der Waals surface area contributed by atoms with Crippen LogP contribution >= 0.6 is 0 Å². The Morgan fingerprint density at radius 1 is 1.50 bits per heavy atom. The van der Waals surface area contributed by atoms with Crippen LogP contribution in [0, 0.1) is 12.3 Å². The number of rotatable bonds is 0. The molecule has 0 aromatic carbocycles. The molecule has 1 N–H and O–H groups in total. The number of nitrogens with zero attached hydrogens (tertiary/aromatic N) is 1. The van der Waals surface area contributed by atoms with Gasteiger partial charge in [0.1, 0.15) is 5.60 Å². The van der Waals surface area contributed by atoms with Crippen LogP contribution in [0.25, 0.3) is 0 Å². The smallest absolute Gasteiger partial charge is 0.410 e. The molecule has 1 aliphatic rings. The van der Waals surface area contributed by atoms with E-state index in [1.165, 1.54) is 0 Å². The van der Waals surface area contributed by atoms with E-state index in [0.29, 0.717) is 13.1 Å². The van der Waals surface area contributed by atoms with E-state index in [0.717, 1.165) is 0 Å². The van der Waals surface area contributed by atoms with Crippen LogP contribution in [0.4, 0.5) is 4.79 Å². The zero-order valence-electron chi connectivity index (χ0n) is 10.4. The first-order chi connectivity index (χ1) is 7.31. The molecule has 0 saturated carbocycles. The second-order valence-electron chi connectivity index (χ2n) is 5.17. The summed E-state index contributed by atoms with van der Waals surface area (Å²) in [5.41, 5.74) is -0.461. The fraction of sp³-hybridized carbons (Fsp3) is 0.750. The standard InChI is InChI=1S/C12H20N2O2/c1-6-10-8-14(7-9(2)13-10)11(15)16-12(3,4)5/h1,9-10,13H,7-8H2,2-5H3/t9-,10+/m0/s1. The van der Waals surface area contributed by atoms with Crippen molar-refractivity contribution < 1.29 is 9.53 Å². The van der Waals surface area contributed by atoms with Gasteiger partial charge in [0.05, 0.1) is 12.6 Å². The first-order valence-electron chi connectivity index (χ1n) is 5.52. The quantitative estimate of drug-likeness (QED) is 0.629. The number of hydrogen-bond donors (Lipinski definition) is 1. The highest BCUT2D eigenvalue weighted by atomic mass is 16.6. The molecule has 1 rings (SSSR count). The summed E-state index contributed by atoms with van der Waals surface area (Å²) in [4.78, 5) is 13.5. The van der Waals surface area contributed by atoms with Gasteiger partial charge in [0.25, 0.3) is 0 Å². The van der Waals surface area contributed by atoms with E-state index < -0.39 is 5.60 Å². The fourth-order valence-electron chi connectivity index (χ4n) is 1.65. The highest BCUT2D eigenvalue weighted by molar-refractivity contribution is 5.68. The van der Waals surface area contributed by atoms with Crippen molar-refractivity contribution in [3.05, 3.63) is 0 Å². The van der Waals surface area contributed by atoms with Crippen molar-refractivity contribution in [3.8, 4) is 12.3 Å². The van der Waals surface area contributed by atoms with Crippen LogP contribution in [0.1, 0.15) is 27.7 Å². The lowest BCUT2D eigenvalue weighted by atomic mass is 10.1. The first kappa shape index (κ1) is 12.9. The zero-order chi connectivity index (χ0) is 12.3. The molecule has 1 amide bonds. The fourth-order valence-corrected chi connectivity index (χ4v) is 1.65. The predicted octanol–water partition coefficient (Wildman–Crippen LogP) is 1.22. The third-order valence-electron chi connectivity index (χ3n) is 2.24. The minimum atomic E-state index is -0.461. The lowest BCUT2D eigenvalue weighted by Gasteiger charge is -2.36. The molecule has 0 radical (unpaired) electrons. The minimum Gasteiger partial charge on any atom is -0.444 e. The van der Waals surface area contributed by atoms with Crippen molar-refractivity contribution in [2.45, 2.75) is 45.4 Å². The summed E-state index contributed by atoms with van der Waals surface area (Å²) in [5.74, 6) is 2.62. The van der Waals surface area contributed by atoms with Crippen LogP contribution in [0.5, 0.6) is 0 Å². The Morgan fingerprint density at radius 3 is 2.62 bits per heavy atom. The number of piperazine rings is 1. The number of amides is 1. The van der Waals surface area contributed by atoms with Gasteiger partial charge < -0.3 is 9.64 Å². The summed E-state index contributed by atoms with van der Waals surface area (Å²) in [6.07, 6.45) is 5.07. The molecule has 0 aromatic heterocycles. The van der Waals surface area contributed by atoms with Crippen molar-refractivity contribution in [3.63, 3.8) is 0 Å². The SMILES string of the molecule is C#C[C@@H]1CN(C(=O)OC(C)(C)C)C[C@H](C)N1. The monoisotopic (exact) mass is 224 g/mol. The van der Waals surface area contributed by atoms with Crippen molar-refractivity contribution in [1.82, 2.24) is 10.2 Å². The zero-order valence-corrected chi connectivity index (χ0v) is 10.4. The van der Waals surface area contributed by atoms with Crippen molar-refractivity contribution in [2.24, 2.45) is 0 Å². The maximum Gasteiger partial charge on any atom is 0.410 e. The van der Waals surface area contributed by atoms with Gasteiger partial charge in [-0.15, -0.1) is 6.42 Å². The number of terminal acetylenes is 1. The average molecular weight is 224 g/mol. The van der Waals surface area contributed by atoms with Gasteiger partial charge >= 0.3 is 6.09 Å². The molecule has 4 nitrogen and oxygen atoms in total. The van der Waals surface area contributed by atoms with Crippen molar-refractivity contribution >= 4 is 6.09 Å². The topological polar surface area (TPSA) is 41.6 Å². The Balaban J connectivity index is 2.59. The lowest BCUT2D eigenvalue weighted by Crippen LogP contribution is -2.57. The molecule has 1 saturated heterocycles. The highest BCUT2D eigenvalue weighted by Crippen LogP contribution is 2.12. The van der Waals surface area contributed by atoms with E-state index in [2.05, 4.69) is 11.2 Å². The molecule has 0 bridgehead atoms. The highest BCUT2D eigenvalue weighted by Gasteiger charge is 2.29. The Morgan fingerprint density at radius 2 is 2.12 bits per heavy atom. The third-order valence-corrected chi connectivity index (χ3v) is 2.24. The predicted molar refractivity (Wildman–Crippen MR) is 63.0 cm³/mol. The second-order valence-corrected chi connectivity index (χ2v) is 5.17. The van der Waals surface area contributed by atoms with Crippen LogP contribution < -0.4 is 5.32 Å². The molecule has 0 aliphatic carbocycles. The van der Waals surface area contributed by atoms with Gasteiger partial charge in [0.15, 0.2) is 0 Å². The van der Waals surface area contributed by atoms with E-state index in [1.54, 1.807) is 4.90 Å². The molecule has 1 fully saturated rings. The van der Waals surface area contributed by atoms with E-state index in [4.69, 9.17) is 11.2 Å². The summed E-state index contributed by atoms with van der Waals surface area (Å²) in [5, 5.41) is 3.23. The summed E-state index contributed by atoms with van der Waals surface area (Å²) in [7, 11) is 0. The van der Waals surface area contributed by atoms with Gasteiger partial charge in [-0.05, 0) is 27.7 Å². The molecule has 16 heavy (non-hydrogen) atoms. The third kappa shape index (κ3) is 3.74. The number of carbonyl (C=O) groups excluding carboxylic acids is 1. The maximum absolute atomic E-state index is 11.8. The van der Waals surface area contributed by atoms with Gasteiger partial charge in [0.2, 0.25) is 0 Å². The summed E-state index contributed by atoms with van der Waals surface area (Å²) < 4.78 is 5.31. The normalized spacial score (nSPS) is 26.1. The molecular formula is C12H20N2O2. The second kappa shape index (κ2) is 4.75. The van der Waals surface area contributed by atoms with Gasteiger partial charge in [0, 0.05) is 12.6 Å². The Labute approximate surface area is 97.3 Å². The van der Waals surface area contributed by atoms with Crippen LogP contribution in [-0.2, 0) is 4.74 Å². The van der Waals surface area contributed by atoms with E-state index in [-0.39, 0.29) is 18.2 Å². The molecule has 1 heterocycles. The number of ether oxygens (including phenoxy) is 1. The van der Waals surface area contributed by atoms with Crippen LogP contribution in [0.2, 0.25) is 0 Å². The van der Waals surface area contributed by atoms with Gasteiger partial charge in [-0.1, -0.05) is 5.92 Å². The average Bonchev–Trinajstić information content (AvgIpc) is 2.14.